The molecule has 0 aliphatic carbocycles. The van der Waals surface area contributed by atoms with Gasteiger partial charge in [0.1, 0.15) is 0 Å². The van der Waals surface area contributed by atoms with Gasteiger partial charge in [-0.1, -0.05) is 19.6 Å². The van der Waals surface area contributed by atoms with E-state index in [1.54, 1.807) is 28.1 Å². The number of halogens is 1. The van der Waals surface area contributed by atoms with Crippen molar-refractivity contribution in [1.82, 2.24) is 9.80 Å². The molecule has 4 aromatic rings. The largest absolute Gasteiger partial charge is 0.513 e. The van der Waals surface area contributed by atoms with E-state index in [2.05, 4.69) is 50.9 Å². The first-order chi connectivity index (χ1) is 28.7. The van der Waals surface area contributed by atoms with Crippen molar-refractivity contribution in [2.45, 2.75) is 72.1 Å². The Labute approximate surface area is 354 Å². The number of methoxy groups -OCH3 is 2. The Bertz CT molecular complexity index is 2250. The number of ether oxygens (including phenoxy) is 9. The first-order valence-corrected chi connectivity index (χ1v) is 20.1. The highest BCUT2D eigenvalue weighted by Gasteiger charge is 2.37. The maximum Gasteiger partial charge on any atom is 0.513 e. The van der Waals surface area contributed by atoms with E-state index < -0.39 is 11.6 Å². The molecule has 0 amide bonds. The quantitative estimate of drug-likeness (QED) is 0.117. The molecule has 1 N–H and O–H groups in total. The van der Waals surface area contributed by atoms with Crippen LogP contribution in [0.3, 0.4) is 0 Å². The summed E-state index contributed by atoms with van der Waals surface area (Å²) in [6.45, 7) is 7.98. The molecule has 0 fully saturated rings. The molecule has 0 saturated carbocycles. The summed E-state index contributed by atoms with van der Waals surface area (Å²) in [6.07, 6.45) is 2.93. The van der Waals surface area contributed by atoms with E-state index >= 15 is 0 Å². The van der Waals surface area contributed by atoms with Gasteiger partial charge in [-0.25, -0.2) is 9.59 Å². The molecule has 4 aromatic carbocycles. The van der Waals surface area contributed by atoms with Crippen molar-refractivity contribution in [3.05, 3.63) is 93.0 Å². The molecule has 0 bridgehead atoms. The molecule has 10 rings (SSSR count). The third-order valence-corrected chi connectivity index (χ3v) is 11.7. The molecule has 15 heteroatoms. The van der Waals surface area contributed by atoms with E-state index in [0.717, 1.165) is 85.0 Å². The number of benzene rings is 4. The molecule has 0 saturated heterocycles. The number of phenols is 1. The number of hydrogen-bond donors (Lipinski definition) is 1. The maximum atomic E-state index is 12.0. The Kier molecular flexibility index (Phi) is 13.0. The molecule has 0 aromatic heterocycles. The SMILES string of the molecule is C.CCOC(=O)Cl.CCOC(=O)Oc1c(OC)ccc2c1CN1CCc3cc4c(cc3C1C2)OCO4.COc1ccc2c(c1O)CN1CCc3cc4c(cc3C1C2)OCO4. The number of aromatic hydroxyl groups is 1. The van der Waals surface area contributed by atoms with Crippen LogP contribution in [0.1, 0.15) is 77.9 Å². The maximum absolute atomic E-state index is 12.0. The molecule has 2 atom stereocenters. The highest BCUT2D eigenvalue weighted by Crippen LogP contribution is 2.48. The minimum absolute atomic E-state index is 0. The zero-order valence-electron chi connectivity index (χ0n) is 33.5. The predicted octanol–water partition coefficient (Wildman–Crippen LogP) is 8.42. The molecule has 6 aliphatic heterocycles. The summed E-state index contributed by atoms with van der Waals surface area (Å²) in [7, 11) is 3.16. The molecule has 2 unspecified atom stereocenters. The van der Waals surface area contributed by atoms with Gasteiger partial charge in [-0.15, -0.1) is 0 Å². The van der Waals surface area contributed by atoms with Crippen molar-refractivity contribution >= 4 is 23.2 Å². The van der Waals surface area contributed by atoms with E-state index in [4.69, 9.17) is 49.5 Å². The second-order valence-electron chi connectivity index (χ2n) is 14.6. The van der Waals surface area contributed by atoms with Crippen molar-refractivity contribution < 1.29 is 57.3 Å². The first kappa shape index (κ1) is 42.6. The van der Waals surface area contributed by atoms with Crippen molar-refractivity contribution in [3.8, 4) is 46.0 Å². The topological polar surface area (TPSA) is 144 Å². The molecule has 14 nitrogen and oxygen atoms in total. The summed E-state index contributed by atoms with van der Waals surface area (Å²) in [4.78, 5) is 26.4. The zero-order valence-corrected chi connectivity index (χ0v) is 34.2. The van der Waals surface area contributed by atoms with E-state index in [9.17, 15) is 14.7 Å². The van der Waals surface area contributed by atoms with E-state index in [-0.39, 0.29) is 32.6 Å². The lowest BCUT2D eigenvalue weighted by atomic mass is 9.83. The van der Waals surface area contributed by atoms with E-state index in [1.807, 2.05) is 12.1 Å². The van der Waals surface area contributed by atoms with Crippen LogP contribution in [0.2, 0.25) is 0 Å². The molecule has 0 spiro atoms. The van der Waals surface area contributed by atoms with Gasteiger partial charge in [0.05, 0.1) is 27.4 Å². The third kappa shape index (κ3) is 8.41. The van der Waals surface area contributed by atoms with Crippen molar-refractivity contribution in [1.29, 1.82) is 0 Å². The Hall–Kier alpha value is -5.57. The molecule has 60 heavy (non-hydrogen) atoms. The van der Waals surface area contributed by atoms with Crippen molar-refractivity contribution in [3.63, 3.8) is 0 Å². The molecule has 0 radical (unpaired) electrons. The molecule has 320 valence electrons. The minimum Gasteiger partial charge on any atom is -0.504 e. The second kappa shape index (κ2) is 18.4. The Morgan fingerprint density at radius 1 is 0.700 bits per heavy atom. The smallest absolute Gasteiger partial charge is 0.504 e. The van der Waals surface area contributed by atoms with Gasteiger partial charge in [-0.05, 0) is 109 Å². The fourth-order valence-electron chi connectivity index (χ4n) is 8.78. The van der Waals surface area contributed by atoms with Gasteiger partial charge in [0, 0.05) is 61.0 Å². The van der Waals surface area contributed by atoms with Crippen LogP contribution in [0.5, 0.6) is 46.0 Å². The fourth-order valence-corrected chi connectivity index (χ4v) is 8.89. The highest BCUT2D eigenvalue weighted by molar-refractivity contribution is 6.61. The monoisotopic (exact) mass is 846 g/mol. The second-order valence-corrected chi connectivity index (χ2v) is 14.9. The van der Waals surface area contributed by atoms with Gasteiger partial charge in [-0.2, -0.15) is 0 Å². The number of phenolic OH excluding ortho intramolecular Hbond substituents is 1. The summed E-state index contributed by atoms with van der Waals surface area (Å²) in [5.74, 6) is 5.19. The number of nitrogens with zero attached hydrogens (tertiary/aromatic N) is 2. The summed E-state index contributed by atoms with van der Waals surface area (Å²) in [5.41, 5.74) is 8.86. The normalized spacial score (nSPS) is 18.4. The predicted molar refractivity (Wildman–Crippen MR) is 221 cm³/mol. The van der Waals surface area contributed by atoms with Crippen LogP contribution >= 0.6 is 11.6 Å². The van der Waals surface area contributed by atoms with Crippen LogP contribution in [0.15, 0.2) is 48.5 Å². The Morgan fingerprint density at radius 3 is 1.67 bits per heavy atom. The number of carbonyl (C=O) groups excluding carboxylic acids is 2. The molecular weight excluding hydrogens is 796 g/mol. The average molecular weight is 847 g/mol. The van der Waals surface area contributed by atoms with Gasteiger partial charge in [0.25, 0.3) is 0 Å². The molecule has 6 heterocycles. The Morgan fingerprint density at radius 2 is 1.18 bits per heavy atom. The van der Waals surface area contributed by atoms with Gasteiger partial charge in [-0.3, -0.25) is 9.80 Å². The Balaban J connectivity index is 0.000000160. The van der Waals surface area contributed by atoms with Crippen LogP contribution in [0.4, 0.5) is 9.59 Å². The third-order valence-electron chi connectivity index (χ3n) is 11.6. The van der Waals surface area contributed by atoms with Crippen LogP contribution in [0, 0.1) is 0 Å². The van der Waals surface area contributed by atoms with Gasteiger partial charge in [0.15, 0.2) is 46.0 Å². The van der Waals surface area contributed by atoms with Crippen LogP contribution in [0.25, 0.3) is 0 Å². The molecule has 6 aliphatic rings. The standard InChI is InChI=1S/C22H23NO6.C19H19NO4.C3H5ClO2.CH4/c1-3-26-22(24)29-21-16-11-23-7-6-14-9-19-20(28-12-27-19)10-15(14)17(23)8-13(16)4-5-18(21)25-2;1-22-16-3-2-11-6-15-13-8-18-17(23-10-24-18)7-12(13)4-5-20(15)9-14(11)19(16)21;1-2-6-3(4)5;/h4-5,9-10,17H,3,6-8,11-12H2,1-2H3;2-3,7-8,15,21H,4-6,9-10H2,1H3;2H2,1H3;1H4. The lowest BCUT2D eigenvalue weighted by Gasteiger charge is -2.41. The van der Waals surface area contributed by atoms with Crippen molar-refractivity contribution in [2.75, 3.05) is 54.1 Å². The fraction of sp³-hybridized carbons (Fsp3) is 0.422. The summed E-state index contributed by atoms with van der Waals surface area (Å²) in [6, 6.07) is 16.9. The van der Waals surface area contributed by atoms with Crippen molar-refractivity contribution in [2.24, 2.45) is 0 Å². The highest BCUT2D eigenvalue weighted by atomic mass is 35.5. The lowest BCUT2D eigenvalue weighted by molar-refractivity contribution is 0.100. The van der Waals surface area contributed by atoms with Crippen LogP contribution < -0.4 is 33.2 Å². The van der Waals surface area contributed by atoms with E-state index in [1.165, 1.54) is 27.8 Å². The lowest BCUT2D eigenvalue weighted by Crippen LogP contribution is -2.39. The van der Waals surface area contributed by atoms with Gasteiger partial charge in [0.2, 0.25) is 13.6 Å². The number of carbonyl (C=O) groups is 2. The number of fused-ring (bicyclic) bond motifs is 10. The van der Waals surface area contributed by atoms with Gasteiger partial charge >= 0.3 is 11.6 Å². The zero-order chi connectivity index (χ0) is 41.2. The number of hydrogen-bond acceptors (Lipinski definition) is 14. The van der Waals surface area contributed by atoms with E-state index in [0.29, 0.717) is 43.2 Å². The molecular formula is C45H51ClN2O12. The van der Waals surface area contributed by atoms with Crippen LogP contribution in [-0.4, -0.2) is 80.6 Å². The van der Waals surface area contributed by atoms with Crippen LogP contribution in [-0.2, 0) is 48.2 Å². The average Bonchev–Trinajstić information content (AvgIpc) is 3.91. The van der Waals surface area contributed by atoms with Gasteiger partial charge < -0.3 is 47.7 Å². The number of rotatable bonds is 5. The minimum atomic E-state index is -0.738. The first-order valence-electron chi connectivity index (χ1n) is 19.8. The summed E-state index contributed by atoms with van der Waals surface area (Å²) >= 11 is 4.72. The summed E-state index contributed by atoms with van der Waals surface area (Å²) < 4.78 is 47.6. The summed E-state index contributed by atoms with van der Waals surface area (Å²) in [5, 5.41) is 10.5.